The Balaban J connectivity index is 2.30. The van der Waals surface area contributed by atoms with Crippen molar-refractivity contribution in [1.29, 1.82) is 0 Å². The normalized spacial score (nSPS) is 11.0. The second-order valence-corrected chi connectivity index (χ2v) is 4.89. The summed E-state index contributed by atoms with van der Waals surface area (Å²) in [6.07, 6.45) is 6.27. The molecule has 0 saturated heterocycles. The van der Waals surface area contributed by atoms with E-state index < -0.39 is 0 Å². The summed E-state index contributed by atoms with van der Waals surface area (Å²) in [4.78, 5) is 15.0. The van der Waals surface area contributed by atoms with Crippen LogP contribution >= 0.6 is 11.3 Å². The molecule has 0 radical (unpaired) electrons. The van der Waals surface area contributed by atoms with Gasteiger partial charge in [0.1, 0.15) is 11.2 Å². The Kier molecular flexibility index (Phi) is 2.69. The number of nitrogens with zero attached hydrogens (tertiary/aromatic N) is 4. The highest BCUT2D eigenvalue weighted by atomic mass is 32.1. The number of nitrogens with two attached hydrogens (primary N) is 1. The fourth-order valence-electron chi connectivity index (χ4n) is 1.78. The van der Waals surface area contributed by atoms with Crippen molar-refractivity contribution in [2.75, 3.05) is 5.43 Å². The molecule has 6 nitrogen and oxygen atoms in total. The van der Waals surface area contributed by atoms with Crippen molar-refractivity contribution in [3.63, 3.8) is 0 Å². The summed E-state index contributed by atoms with van der Waals surface area (Å²) < 4.78 is 1.86. The van der Waals surface area contributed by atoms with E-state index in [9.17, 15) is 0 Å². The Morgan fingerprint density at radius 1 is 1.44 bits per heavy atom. The third kappa shape index (κ3) is 1.73. The number of hydrogen-bond acceptors (Lipinski definition) is 6. The summed E-state index contributed by atoms with van der Waals surface area (Å²) in [5.74, 6) is 6.61. The van der Waals surface area contributed by atoms with Crippen molar-refractivity contribution in [2.24, 2.45) is 5.84 Å². The molecule has 0 amide bonds. The van der Waals surface area contributed by atoms with Gasteiger partial charge in [-0.3, -0.25) is 9.99 Å². The quantitative estimate of drug-likeness (QED) is 0.553. The summed E-state index contributed by atoms with van der Waals surface area (Å²) >= 11 is 1.66. The fraction of sp³-hybridized carbons (Fsp3) is 0.182. The molecular weight excluding hydrogens is 248 g/mol. The first-order valence-electron chi connectivity index (χ1n) is 5.57. The molecule has 3 aromatic heterocycles. The van der Waals surface area contributed by atoms with Gasteiger partial charge in [0.05, 0.1) is 5.39 Å². The van der Waals surface area contributed by atoms with Crippen LogP contribution in [0.2, 0.25) is 0 Å². The van der Waals surface area contributed by atoms with Gasteiger partial charge in [-0.25, -0.2) is 15.8 Å². The number of aryl methyl sites for hydroxylation is 1. The van der Waals surface area contributed by atoms with Crippen LogP contribution in [-0.4, -0.2) is 19.5 Å². The zero-order valence-corrected chi connectivity index (χ0v) is 10.6. The van der Waals surface area contributed by atoms with Gasteiger partial charge < -0.3 is 0 Å². The van der Waals surface area contributed by atoms with Crippen LogP contribution < -0.4 is 11.3 Å². The first-order valence-corrected chi connectivity index (χ1v) is 6.39. The van der Waals surface area contributed by atoms with Crippen molar-refractivity contribution >= 4 is 27.5 Å². The van der Waals surface area contributed by atoms with E-state index in [1.807, 2.05) is 10.8 Å². The second-order valence-electron chi connectivity index (χ2n) is 3.77. The molecule has 0 fully saturated rings. The van der Waals surface area contributed by atoms with Crippen LogP contribution in [0.3, 0.4) is 0 Å². The number of thiophene rings is 1. The molecule has 0 aromatic carbocycles. The molecule has 3 N–H and O–H groups in total. The molecule has 7 heteroatoms. The Bertz CT molecular complexity index is 672. The van der Waals surface area contributed by atoms with Gasteiger partial charge in [0, 0.05) is 17.3 Å². The van der Waals surface area contributed by atoms with Crippen molar-refractivity contribution < 1.29 is 0 Å². The van der Waals surface area contributed by atoms with Gasteiger partial charge >= 0.3 is 0 Å². The molecule has 92 valence electrons. The van der Waals surface area contributed by atoms with E-state index in [4.69, 9.17) is 5.84 Å². The molecule has 3 aromatic rings. The number of rotatable bonds is 3. The minimum atomic E-state index is 0.413. The number of aromatic nitrogens is 4. The third-order valence-electron chi connectivity index (χ3n) is 2.65. The monoisotopic (exact) mass is 260 g/mol. The summed E-state index contributed by atoms with van der Waals surface area (Å²) in [5.41, 5.74) is 2.50. The lowest BCUT2D eigenvalue weighted by atomic mass is 10.3. The number of nitrogen functional groups attached to an aromatic ring is 1. The number of hydrogen-bond donors (Lipinski definition) is 2. The summed E-state index contributed by atoms with van der Waals surface area (Å²) in [6, 6.07) is 2.12. The second kappa shape index (κ2) is 4.35. The molecular formula is C11H12N6S. The van der Waals surface area contributed by atoms with Gasteiger partial charge in [-0.05, 0) is 12.5 Å². The number of hydrazine groups is 1. The number of nitrogens with one attached hydrogen (secondary N) is 1. The first-order chi connectivity index (χ1) is 8.81. The first kappa shape index (κ1) is 11.1. The Morgan fingerprint density at radius 2 is 2.33 bits per heavy atom. The summed E-state index contributed by atoms with van der Waals surface area (Å²) in [6.45, 7) is 2.12. The lowest BCUT2D eigenvalue weighted by Gasteiger charge is -2.05. The fourth-order valence-corrected chi connectivity index (χ4v) is 2.74. The molecule has 0 atom stereocenters. The SMILES string of the molecule is CCc1cc2c(-n3ccnc3)nc(NN)nc2s1. The van der Waals surface area contributed by atoms with Crippen molar-refractivity contribution in [1.82, 2.24) is 19.5 Å². The Labute approximate surface area is 107 Å². The Hall–Kier alpha value is -1.99. The van der Waals surface area contributed by atoms with E-state index in [0.29, 0.717) is 5.95 Å². The number of imidazole rings is 1. The maximum absolute atomic E-state index is 5.41. The molecule has 0 aliphatic carbocycles. The van der Waals surface area contributed by atoms with Crippen LogP contribution in [0.25, 0.3) is 16.0 Å². The van der Waals surface area contributed by atoms with Gasteiger partial charge in [-0.2, -0.15) is 4.98 Å². The van der Waals surface area contributed by atoms with Crippen LogP contribution in [0.15, 0.2) is 24.8 Å². The minimum absolute atomic E-state index is 0.413. The molecule has 18 heavy (non-hydrogen) atoms. The molecule has 0 saturated carbocycles. The maximum Gasteiger partial charge on any atom is 0.240 e. The highest BCUT2D eigenvalue weighted by molar-refractivity contribution is 7.18. The van der Waals surface area contributed by atoms with E-state index in [1.165, 1.54) is 4.88 Å². The predicted octanol–water partition coefficient (Wildman–Crippen LogP) is 1.72. The topological polar surface area (TPSA) is 81.7 Å². The van der Waals surface area contributed by atoms with Crippen LogP contribution in [-0.2, 0) is 6.42 Å². The van der Waals surface area contributed by atoms with E-state index in [1.54, 1.807) is 23.9 Å². The van der Waals surface area contributed by atoms with E-state index in [-0.39, 0.29) is 0 Å². The number of fused-ring (bicyclic) bond motifs is 1. The van der Waals surface area contributed by atoms with Crippen molar-refractivity contribution in [3.8, 4) is 5.82 Å². The smallest absolute Gasteiger partial charge is 0.240 e. The number of anilines is 1. The molecule has 0 bridgehead atoms. The van der Waals surface area contributed by atoms with Gasteiger partial charge in [-0.1, -0.05) is 6.92 Å². The summed E-state index contributed by atoms with van der Waals surface area (Å²) in [7, 11) is 0. The van der Waals surface area contributed by atoms with Gasteiger partial charge in [0.25, 0.3) is 0 Å². The van der Waals surface area contributed by atoms with E-state index >= 15 is 0 Å². The van der Waals surface area contributed by atoms with Crippen molar-refractivity contribution in [3.05, 3.63) is 29.7 Å². The summed E-state index contributed by atoms with van der Waals surface area (Å²) in [5, 5.41) is 1.02. The molecule has 3 rings (SSSR count). The average Bonchev–Trinajstić information content (AvgIpc) is 3.05. The van der Waals surface area contributed by atoms with Gasteiger partial charge in [0.2, 0.25) is 5.95 Å². The van der Waals surface area contributed by atoms with Gasteiger partial charge in [0.15, 0.2) is 5.82 Å². The molecule has 0 aliphatic heterocycles. The van der Waals surface area contributed by atoms with Crippen LogP contribution in [0.4, 0.5) is 5.95 Å². The zero-order chi connectivity index (χ0) is 12.5. The predicted molar refractivity (Wildman–Crippen MR) is 71.7 cm³/mol. The highest BCUT2D eigenvalue weighted by Gasteiger charge is 2.12. The van der Waals surface area contributed by atoms with Crippen LogP contribution in [0, 0.1) is 0 Å². The van der Waals surface area contributed by atoms with E-state index in [0.717, 1.165) is 22.5 Å². The maximum atomic E-state index is 5.41. The molecule has 0 aliphatic rings. The Morgan fingerprint density at radius 3 is 3.00 bits per heavy atom. The van der Waals surface area contributed by atoms with Crippen molar-refractivity contribution in [2.45, 2.75) is 13.3 Å². The lowest BCUT2D eigenvalue weighted by molar-refractivity contribution is 0.990. The third-order valence-corrected chi connectivity index (χ3v) is 3.82. The van der Waals surface area contributed by atoms with Crippen LogP contribution in [0.5, 0.6) is 0 Å². The van der Waals surface area contributed by atoms with E-state index in [2.05, 4.69) is 33.4 Å². The highest BCUT2D eigenvalue weighted by Crippen LogP contribution is 2.29. The lowest BCUT2D eigenvalue weighted by Crippen LogP contribution is -2.11. The molecule has 0 unspecified atom stereocenters. The average molecular weight is 260 g/mol. The largest absolute Gasteiger partial charge is 0.292 e. The zero-order valence-electron chi connectivity index (χ0n) is 9.79. The van der Waals surface area contributed by atoms with Gasteiger partial charge in [-0.15, -0.1) is 11.3 Å². The molecule has 3 heterocycles. The molecule has 0 spiro atoms. The standard InChI is InChI=1S/C11H12N6S/c1-2-7-5-8-9(17-4-3-13-6-17)14-11(16-12)15-10(8)18-7/h3-6H,2,12H2,1H3,(H,14,15,16). The van der Waals surface area contributed by atoms with Crippen LogP contribution in [0.1, 0.15) is 11.8 Å². The minimum Gasteiger partial charge on any atom is -0.292 e.